The second-order valence-corrected chi connectivity index (χ2v) is 18.9. The third-order valence-electron chi connectivity index (χ3n) is 10.4. The van der Waals surface area contributed by atoms with E-state index in [1.807, 2.05) is 21.1 Å². The lowest BCUT2D eigenvalue weighted by Gasteiger charge is -2.24. The molecule has 0 aromatic carbocycles. The molecule has 0 spiro atoms. The van der Waals surface area contributed by atoms with Crippen LogP contribution in [0.4, 0.5) is 0 Å². The van der Waals surface area contributed by atoms with Gasteiger partial charge in [-0.2, -0.15) is 0 Å². The Morgan fingerprint density at radius 1 is 0.525 bits per heavy atom. The molecule has 0 saturated carbocycles. The van der Waals surface area contributed by atoms with Crippen LogP contribution in [-0.2, 0) is 27.9 Å². The van der Waals surface area contributed by atoms with Gasteiger partial charge in [0.1, 0.15) is 19.3 Å². The zero-order chi connectivity index (χ0) is 43.4. The summed E-state index contributed by atoms with van der Waals surface area (Å²) in [4.78, 5) is 23.0. The van der Waals surface area contributed by atoms with Crippen molar-refractivity contribution in [2.24, 2.45) is 0 Å². The van der Waals surface area contributed by atoms with Crippen molar-refractivity contribution >= 4 is 13.8 Å². The molecule has 1 N–H and O–H groups in total. The predicted molar refractivity (Wildman–Crippen MR) is 252 cm³/mol. The van der Waals surface area contributed by atoms with Gasteiger partial charge < -0.3 is 18.9 Å². The van der Waals surface area contributed by atoms with Crippen molar-refractivity contribution in [1.82, 2.24) is 0 Å². The maximum Gasteiger partial charge on any atom is 0.472 e. The number of hydrogen-bond acceptors (Lipinski definition) is 6. The minimum atomic E-state index is -4.28. The molecule has 0 fully saturated rings. The van der Waals surface area contributed by atoms with Crippen molar-refractivity contribution in [1.29, 1.82) is 0 Å². The van der Waals surface area contributed by atoms with Crippen LogP contribution < -0.4 is 0 Å². The summed E-state index contributed by atoms with van der Waals surface area (Å²) < 4.78 is 35.1. The van der Waals surface area contributed by atoms with E-state index in [-0.39, 0.29) is 25.8 Å². The van der Waals surface area contributed by atoms with Crippen LogP contribution in [0.1, 0.15) is 206 Å². The van der Waals surface area contributed by atoms with Crippen molar-refractivity contribution in [3.05, 3.63) is 48.6 Å². The Morgan fingerprint density at radius 3 is 1.44 bits per heavy atom. The maximum absolute atomic E-state index is 12.7. The minimum Gasteiger partial charge on any atom is -0.457 e. The summed E-state index contributed by atoms with van der Waals surface area (Å²) in [6.07, 6.45) is 52.9. The number of ether oxygens (including phenoxy) is 2. The van der Waals surface area contributed by atoms with Crippen molar-refractivity contribution in [2.45, 2.75) is 213 Å². The first-order valence-electron chi connectivity index (χ1n) is 24.4. The normalized spacial score (nSPS) is 14.1. The number of nitrogens with zero attached hydrogens (tertiary/aromatic N) is 1. The number of carbonyl (C=O) groups excluding carboxylic acids is 1. The lowest BCUT2D eigenvalue weighted by atomic mass is 10.1. The van der Waals surface area contributed by atoms with E-state index in [1.54, 1.807) is 0 Å². The molecule has 0 aliphatic rings. The van der Waals surface area contributed by atoms with Crippen LogP contribution >= 0.6 is 7.82 Å². The van der Waals surface area contributed by atoms with Crippen LogP contribution in [0.3, 0.4) is 0 Å². The van der Waals surface area contributed by atoms with Crippen molar-refractivity contribution in [3.63, 3.8) is 0 Å². The van der Waals surface area contributed by atoms with Crippen LogP contribution in [0.2, 0.25) is 0 Å². The fourth-order valence-electron chi connectivity index (χ4n) is 6.55. The fraction of sp³-hybridized carbons (Fsp3) is 0.820. The summed E-state index contributed by atoms with van der Waals surface area (Å²) in [5.41, 5.74) is 0. The summed E-state index contributed by atoms with van der Waals surface area (Å²) in [5.74, 6) is -0.322. The van der Waals surface area contributed by atoms with Crippen molar-refractivity contribution in [3.8, 4) is 0 Å². The van der Waals surface area contributed by atoms with Gasteiger partial charge in [-0.25, -0.2) is 4.57 Å². The SMILES string of the molecule is CCCCC/C=C\C/C=C\C/C=C\CCCCCCCCCOCC(COP(=O)(O)OCC[N+](C)(C)C)OC(=O)CCCCCCCCC/C=C\CCCCCCCC. The Kier molecular flexibility index (Phi) is 42.0. The molecule has 59 heavy (non-hydrogen) atoms. The quantitative estimate of drug-likeness (QED) is 0.0214. The number of likely N-dealkylation sites (N-methyl/N-ethyl adjacent to an activating group) is 1. The second-order valence-electron chi connectivity index (χ2n) is 17.5. The molecular formula is C50H95NO7P+. The second kappa shape index (κ2) is 43.1. The Hall–Kier alpha value is -1.54. The topological polar surface area (TPSA) is 91.3 Å². The van der Waals surface area contributed by atoms with E-state index in [2.05, 4.69) is 62.5 Å². The molecule has 0 rings (SSSR count). The smallest absolute Gasteiger partial charge is 0.457 e. The molecule has 0 saturated heterocycles. The molecular weight excluding hydrogens is 758 g/mol. The summed E-state index contributed by atoms with van der Waals surface area (Å²) in [6, 6.07) is 0. The van der Waals surface area contributed by atoms with Crippen LogP contribution in [0.25, 0.3) is 0 Å². The van der Waals surface area contributed by atoms with Gasteiger partial charge in [0.2, 0.25) is 0 Å². The number of phosphoric ester groups is 1. The maximum atomic E-state index is 12.7. The van der Waals surface area contributed by atoms with Crippen LogP contribution in [0, 0.1) is 0 Å². The number of rotatable bonds is 45. The van der Waals surface area contributed by atoms with Crippen LogP contribution in [0.15, 0.2) is 48.6 Å². The molecule has 0 aromatic rings. The molecule has 0 aliphatic heterocycles. The number of allylic oxidation sites excluding steroid dienone is 8. The average Bonchev–Trinajstić information content (AvgIpc) is 3.19. The Morgan fingerprint density at radius 2 is 0.932 bits per heavy atom. The van der Waals surface area contributed by atoms with E-state index in [0.717, 1.165) is 51.4 Å². The summed E-state index contributed by atoms with van der Waals surface area (Å²) in [6.45, 7) is 5.57. The first-order valence-corrected chi connectivity index (χ1v) is 25.9. The third-order valence-corrected chi connectivity index (χ3v) is 11.3. The van der Waals surface area contributed by atoms with E-state index in [0.29, 0.717) is 24.1 Å². The first-order chi connectivity index (χ1) is 28.6. The number of carbonyl (C=O) groups is 1. The number of unbranched alkanes of at least 4 members (excludes halogenated alkanes) is 23. The standard InChI is InChI=1S/C50H94NO7P/c1-6-8-10-12-14-16-18-20-22-24-25-26-28-30-32-34-36-38-40-42-45-55-47-49(48-57-59(53,54)56-46-44-51(3,4)5)58-50(52)43-41-39-37-35-33-31-29-27-23-21-19-17-15-13-11-9-7-2/h14,16,20-23,25-26,49H,6-13,15,17-19,24,27-48H2,1-5H3/p+1/b16-14-,22-20-,23-21-,26-25-. The summed E-state index contributed by atoms with van der Waals surface area (Å²) >= 11 is 0. The molecule has 9 heteroatoms. The number of hydrogen-bond donors (Lipinski definition) is 1. The lowest BCUT2D eigenvalue weighted by molar-refractivity contribution is -0.870. The molecule has 0 bridgehead atoms. The molecule has 2 atom stereocenters. The predicted octanol–water partition coefficient (Wildman–Crippen LogP) is 14.7. The van der Waals surface area contributed by atoms with Gasteiger partial charge in [0, 0.05) is 13.0 Å². The van der Waals surface area contributed by atoms with Gasteiger partial charge in [0.05, 0.1) is 34.4 Å². The van der Waals surface area contributed by atoms with Gasteiger partial charge in [-0.05, 0) is 77.0 Å². The van der Waals surface area contributed by atoms with Crippen molar-refractivity contribution < 1.29 is 37.3 Å². The Labute approximate surface area is 365 Å². The van der Waals surface area contributed by atoms with Crippen LogP contribution in [0.5, 0.6) is 0 Å². The highest BCUT2D eigenvalue weighted by atomic mass is 31.2. The molecule has 0 radical (unpaired) electrons. The van der Waals surface area contributed by atoms with E-state index >= 15 is 0 Å². The van der Waals surface area contributed by atoms with E-state index in [4.69, 9.17) is 18.5 Å². The Balaban J connectivity index is 4.21. The molecule has 0 heterocycles. The van der Waals surface area contributed by atoms with Gasteiger partial charge >= 0.3 is 13.8 Å². The molecule has 0 amide bonds. The minimum absolute atomic E-state index is 0.0845. The van der Waals surface area contributed by atoms with Gasteiger partial charge in [-0.1, -0.05) is 172 Å². The third kappa shape index (κ3) is 47.4. The summed E-state index contributed by atoms with van der Waals surface area (Å²) in [7, 11) is 1.66. The molecule has 8 nitrogen and oxygen atoms in total. The molecule has 346 valence electrons. The van der Waals surface area contributed by atoms with Gasteiger partial charge in [0.25, 0.3) is 0 Å². The van der Waals surface area contributed by atoms with E-state index in [9.17, 15) is 14.3 Å². The molecule has 2 unspecified atom stereocenters. The number of quaternary nitrogens is 1. The van der Waals surface area contributed by atoms with Gasteiger partial charge in [0.15, 0.2) is 0 Å². The molecule has 0 aliphatic carbocycles. The van der Waals surface area contributed by atoms with Gasteiger partial charge in [-0.15, -0.1) is 0 Å². The first kappa shape index (κ1) is 57.5. The highest BCUT2D eigenvalue weighted by Gasteiger charge is 2.26. The highest BCUT2D eigenvalue weighted by Crippen LogP contribution is 2.43. The zero-order valence-electron chi connectivity index (χ0n) is 39.2. The average molecular weight is 853 g/mol. The van der Waals surface area contributed by atoms with E-state index in [1.165, 1.54) is 135 Å². The fourth-order valence-corrected chi connectivity index (χ4v) is 7.30. The van der Waals surface area contributed by atoms with E-state index < -0.39 is 13.9 Å². The molecule has 0 aromatic heterocycles. The largest absolute Gasteiger partial charge is 0.472 e. The number of phosphoric acid groups is 1. The van der Waals surface area contributed by atoms with Crippen LogP contribution in [-0.4, -0.2) is 75.6 Å². The van der Waals surface area contributed by atoms with Gasteiger partial charge in [-0.3, -0.25) is 13.8 Å². The monoisotopic (exact) mass is 853 g/mol. The zero-order valence-corrected chi connectivity index (χ0v) is 40.1. The number of esters is 1. The van der Waals surface area contributed by atoms with Crippen molar-refractivity contribution in [2.75, 3.05) is 54.1 Å². The Bertz CT molecular complexity index is 1080. The summed E-state index contributed by atoms with van der Waals surface area (Å²) in [5, 5.41) is 0. The highest BCUT2D eigenvalue weighted by molar-refractivity contribution is 7.47. The lowest BCUT2D eigenvalue weighted by Crippen LogP contribution is -2.37.